The average Bonchev–Trinajstić information content (AvgIpc) is 2.97. The van der Waals surface area contributed by atoms with Gasteiger partial charge in [-0.3, -0.25) is 4.79 Å². The molecule has 6 nitrogen and oxygen atoms in total. The molecule has 1 aromatic carbocycles. The Morgan fingerprint density at radius 2 is 2.00 bits per heavy atom. The minimum absolute atomic E-state index is 0.0308. The molecule has 150 valence electrons. The zero-order valence-corrected chi connectivity index (χ0v) is 17.4. The monoisotopic (exact) mass is 443 g/mol. The summed E-state index contributed by atoms with van der Waals surface area (Å²) < 4.78 is 41.9. The van der Waals surface area contributed by atoms with Crippen LogP contribution in [0.5, 0.6) is 0 Å². The lowest BCUT2D eigenvalue weighted by Crippen LogP contribution is -2.20. The number of carbonyl (C=O) groups excluding carboxylic acids is 2. The largest absolute Gasteiger partial charge is 0.462 e. The van der Waals surface area contributed by atoms with E-state index in [1.54, 1.807) is 19.1 Å². The van der Waals surface area contributed by atoms with Crippen LogP contribution in [0, 0.1) is 5.82 Å². The van der Waals surface area contributed by atoms with Crippen molar-refractivity contribution in [3.8, 4) is 0 Å². The molecular formula is C18H18FNO5S3. The normalized spacial score (nSPS) is 14.9. The molecule has 1 amide bonds. The lowest BCUT2D eigenvalue weighted by molar-refractivity contribution is -0.113. The van der Waals surface area contributed by atoms with Gasteiger partial charge >= 0.3 is 5.97 Å². The van der Waals surface area contributed by atoms with E-state index in [2.05, 4.69) is 5.32 Å². The lowest BCUT2D eigenvalue weighted by Gasteiger charge is -2.13. The Labute approximate surface area is 170 Å². The number of amides is 1. The second-order valence-electron chi connectivity index (χ2n) is 6.06. The molecule has 0 saturated heterocycles. The highest BCUT2D eigenvalue weighted by Gasteiger charge is 2.32. The average molecular weight is 444 g/mol. The van der Waals surface area contributed by atoms with Crippen molar-refractivity contribution in [1.82, 2.24) is 0 Å². The van der Waals surface area contributed by atoms with Crippen LogP contribution in [0.2, 0.25) is 0 Å². The van der Waals surface area contributed by atoms with Gasteiger partial charge in [0, 0.05) is 9.77 Å². The fourth-order valence-corrected chi connectivity index (χ4v) is 6.53. The molecule has 1 aliphatic rings. The number of sulfone groups is 1. The van der Waals surface area contributed by atoms with Crippen molar-refractivity contribution in [3.63, 3.8) is 0 Å². The van der Waals surface area contributed by atoms with Gasteiger partial charge in [0.05, 0.1) is 29.4 Å². The van der Waals surface area contributed by atoms with E-state index < -0.39 is 15.8 Å². The third-order valence-corrected chi connectivity index (χ3v) is 7.92. The molecule has 0 atom stereocenters. The summed E-state index contributed by atoms with van der Waals surface area (Å²) in [5, 5.41) is 3.02. The van der Waals surface area contributed by atoms with Gasteiger partial charge in [-0.05, 0) is 43.2 Å². The van der Waals surface area contributed by atoms with E-state index in [0.717, 1.165) is 16.2 Å². The number of carbonyl (C=O) groups is 2. The molecule has 0 unspecified atom stereocenters. The first-order valence-corrected chi connectivity index (χ1v) is 12.1. The molecule has 1 aromatic heterocycles. The summed E-state index contributed by atoms with van der Waals surface area (Å²) >= 11 is 2.33. The number of fused-ring (bicyclic) bond motifs is 1. The fraction of sp³-hybridized carbons (Fsp3) is 0.333. The van der Waals surface area contributed by atoms with Crippen LogP contribution >= 0.6 is 23.1 Å². The number of nitrogens with one attached hydrogen (secondary N) is 1. The number of halogens is 1. The van der Waals surface area contributed by atoms with Crippen LogP contribution < -0.4 is 5.32 Å². The van der Waals surface area contributed by atoms with Crippen LogP contribution in [0.25, 0.3) is 0 Å². The van der Waals surface area contributed by atoms with Crippen molar-refractivity contribution in [2.75, 3.05) is 23.4 Å². The highest BCUT2D eigenvalue weighted by molar-refractivity contribution is 8.00. The van der Waals surface area contributed by atoms with Gasteiger partial charge in [-0.15, -0.1) is 23.1 Å². The van der Waals surface area contributed by atoms with Gasteiger partial charge in [-0.2, -0.15) is 0 Å². The first-order valence-electron chi connectivity index (χ1n) is 8.49. The summed E-state index contributed by atoms with van der Waals surface area (Å²) in [7, 11) is -3.20. The zero-order chi connectivity index (χ0) is 20.3. The molecule has 2 aromatic rings. The van der Waals surface area contributed by atoms with Gasteiger partial charge in [0.15, 0.2) is 9.84 Å². The molecule has 1 aliphatic heterocycles. The van der Waals surface area contributed by atoms with E-state index in [-0.39, 0.29) is 47.6 Å². The van der Waals surface area contributed by atoms with E-state index in [0.29, 0.717) is 15.4 Å². The smallest absolute Gasteiger partial charge is 0.341 e. The van der Waals surface area contributed by atoms with E-state index >= 15 is 0 Å². The Balaban J connectivity index is 1.78. The summed E-state index contributed by atoms with van der Waals surface area (Å²) in [4.78, 5) is 26.1. The van der Waals surface area contributed by atoms with Crippen molar-refractivity contribution in [2.24, 2.45) is 0 Å². The van der Waals surface area contributed by atoms with Crippen LogP contribution in [0.3, 0.4) is 0 Å². The van der Waals surface area contributed by atoms with Crippen molar-refractivity contribution < 1.29 is 27.1 Å². The molecule has 0 fully saturated rings. The molecule has 0 spiro atoms. The molecule has 2 heterocycles. The Hall–Kier alpha value is -1.91. The number of thiophene rings is 1. The maximum absolute atomic E-state index is 12.9. The molecule has 0 bridgehead atoms. The molecule has 10 heteroatoms. The number of esters is 1. The number of anilines is 1. The van der Waals surface area contributed by atoms with Gasteiger partial charge in [0.25, 0.3) is 0 Å². The molecule has 1 N–H and O–H groups in total. The maximum atomic E-state index is 12.9. The lowest BCUT2D eigenvalue weighted by atomic mass is 10.1. The maximum Gasteiger partial charge on any atom is 0.341 e. The Bertz CT molecular complexity index is 999. The second kappa shape index (κ2) is 8.62. The van der Waals surface area contributed by atoms with Crippen molar-refractivity contribution in [1.29, 1.82) is 0 Å². The number of benzene rings is 1. The fourth-order valence-electron chi connectivity index (χ4n) is 2.77. The zero-order valence-electron chi connectivity index (χ0n) is 15.0. The molecule has 0 saturated carbocycles. The minimum Gasteiger partial charge on any atom is -0.462 e. The van der Waals surface area contributed by atoms with Crippen LogP contribution in [-0.2, 0) is 31.5 Å². The van der Waals surface area contributed by atoms with Crippen molar-refractivity contribution in [2.45, 2.75) is 24.0 Å². The van der Waals surface area contributed by atoms with E-state index in [9.17, 15) is 22.4 Å². The number of rotatable bonds is 6. The highest BCUT2D eigenvalue weighted by atomic mass is 32.2. The van der Waals surface area contributed by atoms with E-state index in [4.69, 9.17) is 4.74 Å². The summed E-state index contributed by atoms with van der Waals surface area (Å²) in [5.74, 6) is -1.38. The summed E-state index contributed by atoms with van der Waals surface area (Å²) in [6.45, 7) is 1.86. The highest BCUT2D eigenvalue weighted by Crippen LogP contribution is 2.38. The topological polar surface area (TPSA) is 89.5 Å². The standard InChI is InChI=1S/C18H18FNO5S3/c1-2-25-18(22)16-13-7-8-28(23,24)10-14(13)27-17(16)20-15(21)9-26-12-5-3-11(19)4-6-12/h3-6H,2,7-10H2,1H3,(H,20,21). The van der Waals surface area contributed by atoms with Gasteiger partial charge < -0.3 is 10.1 Å². The summed E-state index contributed by atoms with van der Waals surface area (Å²) in [6, 6.07) is 5.78. The quantitative estimate of drug-likeness (QED) is 0.545. The predicted octanol–water partition coefficient (Wildman–Crippen LogP) is 3.27. The number of thioether (sulfide) groups is 1. The number of hydrogen-bond donors (Lipinski definition) is 1. The summed E-state index contributed by atoms with van der Waals surface area (Å²) in [6.07, 6.45) is 0.225. The van der Waals surface area contributed by atoms with E-state index in [1.807, 2.05) is 0 Å². The molecule has 0 radical (unpaired) electrons. The van der Waals surface area contributed by atoms with E-state index in [1.165, 1.54) is 23.9 Å². The summed E-state index contributed by atoms with van der Waals surface area (Å²) in [5.41, 5.74) is 0.886. The van der Waals surface area contributed by atoms with Crippen LogP contribution in [-0.4, -0.2) is 38.4 Å². The van der Waals surface area contributed by atoms with Crippen LogP contribution in [0.4, 0.5) is 9.39 Å². The van der Waals surface area contributed by atoms with Crippen LogP contribution in [0.15, 0.2) is 29.2 Å². The van der Waals surface area contributed by atoms with Crippen molar-refractivity contribution >= 4 is 49.8 Å². The van der Waals surface area contributed by atoms with Gasteiger partial charge in [0.2, 0.25) is 5.91 Å². The first-order chi connectivity index (χ1) is 13.3. The minimum atomic E-state index is -3.20. The van der Waals surface area contributed by atoms with Gasteiger partial charge in [-0.1, -0.05) is 0 Å². The Morgan fingerprint density at radius 3 is 2.68 bits per heavy atom. The number of hydrogen-bond acceptors (Lipinski definition) is 7. The second-order valence-corrected chi connectivity index (χ2v) is 10.4. The third-order valence-electron chi connectivity index (χ3n) is 4.02. The SMILES string of the molecule is CCOC(=O)c1c(NC(=O)CSc2ccc(F)cc2)sc2c1CCS(=O)(=O)C2. The molecule has 3 rings (SSSR count). The predicted molar refractivity (Wildman–Crippen MR) is 107 cm³/mol. The number of ether oxygens (including phenoxy) is 1. The van der Waals surface area contributed by atoms with Gasteiger partial charge in [0.1, 0.15) is 10.8 Å². The molecular weight excluding hydrogens is 425 g/mol. The third kappa shape index (κ3) is 4.92. The molecule has 0 aliphatic carbocycles. The van der Waals surface area contributed by atoms with Crippen LogP contribution in [0.1, 0.15) is 27.7 Å². The molecule has 28 heavy (non-hydrogen) atoms. The first kappa shape index (κ1) is 20.8. The Morgan fingerprint density at radius 1 is 1.29 bits per heavy atom. The Kier molecular flexibility index (Phi) is 6.41. The van der Waals surface area contributed by atoms with Gasteiger partial charge in [-0.25, -0.2) is 17.6 Å². The van der Waals surface area contributed by atoms with Crippen molar-refractivity contribution in [3.05, 3.63) is 46.1 Å².